The number of benzene rings is 6. The van der Waals surface area contributed by atoms with Gasteiger partial charge in [-0.1, -0.05) is 113 Å². The number of aromatic nitrogens is 12. The van der Waals surface area contributed by atoms with Crippen LogP contribution in [0.3, 0.4) is 0 Å². The lowest BCUT2D eigenvalue weighted by atomic mass is 9.80. The summed E-state index contributed by atoms with van der Waals surface area (Å²) in [4.78, 5) is 41.7. The van der Waals surface area contributed by atoms with Gasteiger partial charge in [0.05, 0.1) is 85.7 Å². The Morgan fingerprint density at radius 1 is 0.611 bits per heavy atom. The van der Waals surface area contributed by atoms with Gasteiger partial charge in [-0.3, -0.25) is 14.8 Å². The van der Waals surface area contributed by atoms with E-state index in [4.69, 9.17) is 20.6 Å². The molecule has 12 aromatic rings. The van der Waals surface area contributed by atoms with Gasteiger partial charge < -0.3 is 33.6 Å². The Kier molecular flexibility index (Phi) is 42.3. The van der Waals surface area contributed by atoms with E-state index < -0.39 is 42.0 Å². The van der Waals surface area contributed by atoms with Crippen LogP contribution < -0.4 is 14.6 Å². The molecule has 0 unspecified atom stereocenters. The predicted molar refractivity (Wildman–Crippen MR) is 436 cm³/mol. The lowest BCUT2D eigenvalue weighted by Crippen LogP contribution is -2.32. The summed E-state index contributed by atoms with van der Waals surface area (Å²) in [5.74, 6) is -3.91. The fraction of sp³-hybridized carbons (Fsp3) is 0.147. The first-order valence-electron chi connectivity index (χ1n) is 31.0. The molecule has 2 aliphatic rings. The number of halogens is 11. The van der Waals surface area contributed by atoms with E-state index in [0.29, 0.717) is 51.7 Å². The van der Waals surface area contributed by atoms with Crippen LogP contribution in [0.4, 0.5) is 26.3 Å². The number of imidazole rings is 6. The number of nitrogens with zero attached hydrogens (tertiary/aromatic N) is 17. The summed E-state index contributed by atoms with van der Waals surface area (Å²) in [6, 6.07) is 32.8. The summed E-state index contributed by atoms with van der Waals surface area (Å²) >= 11 is 14.1. The van der Waals surface area contributed by atoms with E-state index >= 15 is 0 Å². The molecule has 0 saturated carbocycles. The van der Waals surface area contributed by atoms with Gasteiger partial charge in [-0.15, -0.1) is 0 Å². The number of rotatable bonds is 7. The zero-order chi connectivity index (χ0) is 79.0. The van der Waals surface area contributed by atoms with Crippen LogP contribution in [0.5, 0.6) is 0 Å². The van der Waals surface area contributed by atoms with Crippen LogP contribution in [0.25, 0.3) is 39.7 Å². The Morgan fingerprint density at radius 3 is 1.39 bits per heavy atom. The molecule has 6 aromatic carbocycles. The number of nitriles is 3. The fourth-order valence-electron chi connectivity index (χ4n) is 8.31. The van der Waals surface area contributed by atoms with Crippen molar-refractivity contribution in [2.75, 3.05) is 24.0 Å². The highest BCUT2D eigenvalue weighted by Crippen LogP contribution is 2.25. The number of carbonyl (C=O) groups is 1. The monoisotopic (exact) mass is 1890 g/mol. The fourth-order valence-corrected chi connectivity index (χ4v) is 9.87. The van der Waals surface area contributed by atoms with Gasteiger partial charge in [-0.2, -0.15) is 15.8 Å². The molecule has 14 rings (SSSR count). The molecule has 2 aliphatic heterocycles. The smallest absolute Gasteiger partial charge is 0.423 e. The zero-order valence-electron chi connectivity index (χ0n) is 58.6. The number of alkyl halides is 2. The van der Waals surface area contributed by atoms with Gasteiger partial charge in [-0.05, 0) is 76.6 Å². The van der Waals surface area contributed by atoms with Crippen molar-refractivity contribution in [3.63, 3.8) is 0 Å². The number of aromatic amines is 1. The van der Waals surface area contributed by atoms with Crippen molar-refractivity contribution in [1.82, 2.24) is 52.7 Å². The average molecular weight is 1890 g/mol. The highest BCUT2D eigenvalue weighted by Gasteiger charge is 2.17. The summed E-state index contributed by atoms with van der Waals surface area (Å²) in [6.45, 7) is 1.53. The maximum Gasteiger partial charge on any atom is 0.491 e. The van der Waals surface area contributed by atoms with E-state index in [1.165, 1.54) is 40.6 Å². The van der Waals surface area contributed by atoms with Crippen molar-refractivity contribution in [3.05, 3.63) is 298 Å². The normalized spacial score (nSPS) is 10.5. The minimum atomic E-state index is -1.89. The number of H-pyrrole nitrogens is 1. The topological polar surface area (TPSA) is 257 Å². The van der Waals surface area contributed by atoms with Crippen LogP contribution in [-0.2, 0) is 25.9 Å². The summed E-state index contributed by atoms with van der Waals surface area (Å²) in [5.41, 5.74) is 7.06. The highest BCUT2D eigenvalue weighted by molar-refractivity contribution is 14.1. The quantitative estimate of drug-likeness (QED) is 0.0447. The number of hydrogen-bond donors (Lipinski definition) is 3. The minimum absolute atomic E-state index is 0. The molecule has 0 atom stereocenters. The van der Waals surface area contributed by atoms with Crippen molar-refractivity contribution in [2.45, 2.75) is 27.2 Å². The standard InChI is InChI=1S/C15H15N5.C13H9N5.C10H8F2N2.C10H7F2N.C7H3Br2N.C6H5BF2O2.C4H4BrN.C4H9NO.C3H4N2.2CH3I.CH4/c1-17-3-5-19(11-17)14-7-13(10-16)8-15(9-14)20-6-4-18(2)12-20;14-8-11-5-12(17-3-1-15-9-17)7-13(6-11)18-4-2-16-10-18;1-14-5-10(13-6-14)8-3-2-7(11)4-9(8)12;11-7-3-4-8(9(12)6-7)10-2-1-5-13-10;8-6-1-5(4-10)2-7(9)3-6;8-4-1-2-5(7(10)11)6(9)3-4;5-4-1-2-6-3-4;1-4(6)5(2)3;1-2-5-3-4-1;2*1-2;/h3-9,11-12H,1-2H3;1-7,9-10H;2-6H,1H3;2-6H,1H2;1-3H;1-3,10-11H;2-3H,1H2;1-3H3;1-3H,(H,4,5);2*1H3;1H4/q+2;;;;;;;;;;;. The molecular weight excluding hydrogens is 1820 g/mol. The molecule has 3 N–H and O–H groups in total. The molecule has 33 heteroatoms. The number of hydrogen-bond acceptors (Lipinski definition) is 12. The Hall–Kier alpha value is -10.2. The number of allylic oxidation sites excluding steroid dienone is 2. The summed E-state index contributed by atoms with van der Waals surface area (Å²) < 4.78 is 92.6. The molecule has 0 fully saturated rings. The largest absolute Gasteiger partial charge is 0.491 e. The van der Waals surface area contributed by atoms with Gasteiger partial charge in [0.25, 0.3) is 0 Å². The Morgan fingerprint density at radius 2 is 1.07 bits per heavy atom. The molecule has 8 heterocycles. The van der Waals surface area contributed by atoms with Crippen molar-refractivity contribution in [3.8, 4) is 52.2 Å². The molecule has 0 spiro atoms. The van der Waals surface area contributed by atoms with Gasteiger partial charge in [0.2, 0.25) is 18.6 Å². The second kappa shape index (κ2) is 49.6. The van der Waals surface area contributed by atoms with E-state index in [2.05, 4.69) is 146 Å². The maximum atomic E-state index is 13.3. The second-order valence-corrected chi connectivity index (χ2v) is 24.4. The molecular formula is C75H74BBr3F6I2N18O3+2. The lowest BCUT2D eigenvalue weighted by Gasteiger charge is -2.07. The summed E-state index contributed by atoms with van der Waals surface area (Å²) in [6.07, 6.45) is 39.5. The Bertz CT molecular complexity index is 4850. The molecule has 21 nitrogen and oxygen atoms in total. The molecule has 560 valence electrons. The van der Waals surface area contributed by atoms with Crippen LogP contribution in [0.15, 0.2) is 251 Å². The van der Waals surface area contributed by atoms with Crippen LogP contribution in [-0.4, -0.2) is 112 Å². The third-order valence-corrected chi connectivity index (χ3v) is 14.9. The van der Waals surface area contributed by atoms with Gasteiger partial charge in [0.15, 0.2) is 0 Å². The SMILES string of the molecule is BrC1=CN=CC1.C.CC(=O)N(C)C.CI.CI.C[n+]1ccn(-c2cc(C#N)cc(-n3cc[n+](C)c3)c2)c1.Cn1cnc(-c2ccc(F)cc2F)c1.Fc1ccc(C2=CCC=N2)c(F)c1.N#Cc1cc(-n2ccnc2)cc(-n2ccnc2)c1.N#Cc1cc(Br)cc(Br)c1.OB(O)c1ccc(F)cc1F.c1c[nH]cn1. The Labute approximate surface area is 675 Å². The third kappa shape index (κ3) is 32.5. The zero-order valence-corrected chi connectivity index (χ0v) is 67.6. The highest BCUT2D eigenvalue weighted by atomic mass is 127. The average Bonchev–Trinajstić information content (AvgIpc) is 1.62. The molecule has 108 heavy (non-hydrogen) atoms. The molecule has 0 aliphatic carbocycles. The van der Waals surface area contributed by atoms with Gasteiger partial charge in [-0.25, -0.2) is 64.5 Å². The van der Waals surface area contributed by atoms with Crippen molar-refractivity contribution < 1.29 is 50.3 Å². The predicted octanol–water partition coefficient (Wildman–Crippen LogP) is 15.5. The van der Waals surface area contributed by atoms with E-state index in [9.17, 15) is 36.4 Å². The minimum Gasteiger partial charge on any atom is -0.423 e. The van der Waals surface area contributed by atoms with Gasteiger partial charge in [0.1, 0.15) is 71.1 Å². The van der Waals surface area contributed by atoms with Crippen LogP contribution in [0.1, 0.15) is 49.4 Å². The van der Waals surface area contributed by atoms with E-state index in [1.54, 1.807) is 113 Å². The lowest BCUT2D eigenvalue weighted by molar-refractivity contribution is -0.670. The Balaban J connectivity index is 0.000000322. The number of carbonyl (C=O) groups excluding carboxylic acids is 1. The summed E-state index contributed by atoms with van der Waals surface area (Å²) in [5, 5.41) is 43.8. The first kappa shape index (κ1) is 92.0. The first-order valence-corrected chi connectivity index (χ1v) is 37.7. The molecule has 0 bridgehead atoms. The first-order chi connectivity index (χ1) is 51.3. The molecule has 0 radical (unpaired) electrons. The third-order valence-electron chi connectivity index (χ3n) is 13.4. The molecule has 1 amide bonds. The van der Waals surface area contributed by atoms with Crippen molar-refractivity contribution >= 4 is 130 Å². The number of nitrogens with one attached hydrogen (secondary N) is 1. The van der Waals surface area contributed by atoms with E-state index in [1.807, 2.05) is 150 Å². The number of aliphatic imine (C=N–C) groups is 2. The number of aryl methyl sites for hydroxylation is 3. The second-order valence-electron chi connectivity index (χ2n) is 21.5. The van der Waals surface area contributed by atoms with Gasteiger partial charge >= 0.3 is 7.12 Å². The van der Waals surface area contributed by atoms with E-state index in [0.717, 1.165) is 62.4 Å². The number of amides is 1. The van der Waals surface area contributed by atoms with Crippen molar-refractivity contribution in [2.24, 2.45) is 31.1 Å². The summed E-state index contributed by atoms with van der Waals surface area (Å²) in [7, 11) is 7.29. The van der Waals surface area contributed by atoms with Gasteiger partial charge in [0, 0.05) is 181 Å². The van der Waals surface area contributed by atoms with Crippen LogP contribution >= 0.6 is 93.0 Å². The van der Waals surface area contributed by atoms with Crippen LogP contribution in [0.2, 0.25) is 0 Å². The molecule has 6 aromatic heterocycles. The molecule has 0 saturated heterocycles. The van der Waals surface area contributed by atoms with E-state index in [-0.39, 0.29) is 18.8 Å². The van der Waals surface area contributed by atoms with Crippen LogP contribution in [0, 0.1) is 68.9 Å². The van der Waals surface area contributed by atoms with Crippen molar-refractivity contribution in [1.29, 1.82) is 15.8 Å². The maximum absolute atomic E-state index is 13.3.